The normalized spacial score (nSPS) is 16.6. The smallest absolute Gasteiger partial charge is 0.261 e. The first-order chi connectivity index (χ1) is 11.6. The van der Waals surface area contributed by atoms with Crippen molar-refractivity contribution in [3.05, 3.63) is 29.3 Å². The highest BCUT2D eigenvalue weighted by atomic mass is 32.2. The summed E-state index contributed by atoms with van der Waals surface area (Å²) < 4.78 is 5.94. The molecule has 4 heteroatoms. The summed E-state index contributed by atoms with van der Waals surface area (Å²) in [6.07, 6.45) is 7.07. The Hall–Kier alpha value is -1.16. The van der Waals surface area contributed by atoms with Gasteiger partial charge in [0.2, 0.25) is 0 Å². The number of amides is 1. The Labute approximate surface area is 150 Å². The van der Waals surface area contributed by atoms with Gasteiger partial charge in [0.1, 0.15) is 5.75 Å². The van der Waals surface area contributed by atoms with Crippen LogP contribution in [0.5, 0.6) is 5.75 Å². The fraction of sp³-hybridized carbons (Fsp3) is 0.650. The molecule has 24 heavy (non-hydrogen) atoms. The number of benzene rings is 1. The molecule has 2 rings (SSSR count). The predicted molar refractivity (Wildman–Crippen MR) is 103 cm³/mol. The van der Waals surface area contributed by atoms with E-state index in [1.165, 1.54) is 37.7 Å². The molecular weight excluding hydrogens is 318 g/mol. The van der Waals surface area contributed by atoms with Crippen LogP contribution in [0.1, 0.15) is 56.6 Å². The molecule has 1 aromatic rings. The average molecular weight is 350 g/mol. The van der Waals surface area contributed by atoms with Crippen molar-refractivity contribution in [1.29, 1.82) is 0 Å². The molecule has 0 heterocycles. The van der Waals surface area contributed by atoms with Crippen molar-refractivity contribution in [3.8, 4) is 5.75 Å². The lowest BCUT2D eigenvalue weighted by Gasteiger charge is -2.21. The van der Waals surface area contributed by atoms with Gasteiger partial charge in [-0.05, 0) is 44.7 Å². The Morgan fingerprint density at radius 1 is 1.29 bits per heavy atom. The van der Waals surface area contributed by atoms with Gasteiger partial charge in [-0.15, -0.1) is 0 Å². The van der Waals surface area contributed by atoms with E-state index < -0.39 is 6.10 Å². The summed E-state index contributed by atoms with van der Waals surface area (Å²) in [6, 6.07) is 6.06. The Morgan fingerprint density at radius 2 is 2.04 bits per heavy atom. The summed E-state index contributed by atoms with van der Waals surface area (Å²) in [5, 5.41) is 3.84. The van der Waals surface area contributed by atoms with Gasteiger partial charge in [-0.1, -0.05) is 43.9 Å². The van der Waals surface area contributed by atoms with Crippen LogP contribution in [0.15, 0.2) is 18.2 Å². The number of thioether (sulfide) groups is 1. The minimum absolute atomic E-state index is 0.00159. The Morgan fingerprint density at radius 3 is 2.71 bits per heavy atom. The van der Waals surface area contributed by atoms with Gasteiger partial charge in [-0.3, -0.25) is 4.79 Å². The number of carbonyl (C=O) groups excluding carboxylic acids is 1. The third kappa shape index (κ3) is 6.04. The molecule has 1 atom stereocenters. The molecule has 1 saturated carbocycles. The Bertz CT molecular complexity index is 526. The molecule has 1 aromatic carbocycles. The molecule has 0 bridgehead atoms. The fourth-order valence-electron chi connectivity index (χ4n) is 3.15. The molecule has 1 fully saturated rings. The highest BCUT2D eigenvalue weighted by molar-refractivity contribution is 7.99. The van der Waals surface area contributed by atoms with Crippen molar-refractivity contribution in [2.24, 2.45) is 0 Å². The maximum Gasteiger partial charge on any atom is 0.261 e. The second-order valence-electron chi connectivity index (χ2n) is 6.71. The Kier molecular flexibility index (Phi) is 7.97. The first kappa shape index (κ1) is 19.2. The molecule has 3 nitrogen and oxygen atoms in total. The fourth-order valence-corrected chi connectivity index (χ4v) is 4.37. The van der Waals surface area contributed by atoms with E-state index >= 15 is 0 Å². The van der Waals surface area contributed by atoms with E-state index in [1.54, 1.807) is 0 Å². The molecule has 0 unspecified atom stereocenters. The van der Waals surface area contributed by atoms with Crippen LogP contribution in [-0.2, 0) is 4.79 Å². The largest absolute Gasteiger partial charge is 0.480 e. The van der Waals surface area contributed by atoms with Crippen LogP contribution in [-0.4, -0.2) is 29.6 Å². The zero-order valence-electron chi connectivity index (χ0n) is 15.3. The summed E-state index contributed by atoms with van der Waals surface area (Å²) >= 11 is 2.01. The molecule has 1 amide bonds. The minimum Gasteiger partial charge on any atom is -0.480 e. The van der Waals surface area contributed by atoms with Crippen molar-refractivity contribution in [2.45, 2.75) is 70.7 Å². The van der Waals surface area contributed by atoms with Crippen LogP contribution >= 0.6 is 11.8 Å². The molecule has 134 valence electrons. The molecule has 0 saturated heterocycles. The van der Waals surface area contributed by atoms with E-state index in [1.807, 2.05) is 37.7 Å². The first-order valence-electron chi connectivity index (χ1n) is 9.23. The molecule has 1 aliphatic carbocycles. The summed E-state index contributed by atoms with van der Waals surface area (Å²) in [7, 11) is 0. The number of carbonyl (C=O) groups is 1. The van der Waals surface area contributed by atoms with Crippen LogP contribution < -0.4 is 10.1 Å². The van der Waals surface area contributed by atoms with Crippen LogP contribution in [0, 0.1) is 13.8 Å². The van der Waals surface area contributed by atoms with E-state index in [0.717, 1.165) is 28.9 Å². The Balaban J connectivity index is 1.74. The number of hydrogen-bond donors (Lipinski definition) is 1. The quantitative estimate of drug-likeness (QED) is 0.695. The van der Waals surface area contributed by atoms with Crippen molar-refractivity contribution >= 4 is 17.7 Å². The summed E-state index contributed by atoms with van der Waals surface area (Å²) in [5.74, 6) is 1.80. The van der Waals surface area contributed by atoms with Gasteiger partial charge in [-0.25, -0.2) is 0 Å². The van der Waals surface area contributed by atoms with Crippen molar-refractivity contribution in [2.75, 3.05) is 12.3 Å². The maximum absolute atomic E-state index is 12.4. The molecule has 0 aromatic heterocycles. The number of hydrogen-bond acceptors (Lipinski definition) is 3. The summed E-state index contributed by atoms with van der Waals surface area (Å²) in [6.45, 7) is 6.80. The van der Waals surface area contributed by atoms with Crippen LogP contribution in [0.25, 0.3) is 0 Å². The van der Waals surface area contributed by atoms with Crippen molar-refractivity contribution in [1.82, 2.24) is 5.32 Å². The van der Waals surface area contributed by atoms with Gasteiger partial charge in [0.15, 0.2) is 6.10 Å². The minimum atomic E-state index is -0.411. The number of nitrogens with one attached hydrogen (secondary N) is 1. The number of ether oxygens (including phenoxy) is 1. The third-order valence-corrected chi connectivity index (χ3v) is 5.95. The lowest BCUT2D eigenvalue weighted by atomic mass is 10.0. The number of rotatable bonds is 8. The van der Waals surface area contributed by atoms with E-state index in [9.17, 15) is 4.79 Å². The second-order valence-corrected chi connectivity index (χ2v) is 8.11. The van der Waals surface area contributed by atoms with E-state index in [-0.39, 0.29) is 5.91 Å². The van der Waals surface area contributed by atoms with E-state index in [4.69, 9.17) is 4.74 Å². The molecule has 1 N–H and O–H groups in total. The summed E-state index contributed by atoms with van der Waals surface area (Å²) in [5.41, 5.74) is 2.28. The standard InChI is InChI=1S/C20H31NO2S/c1-4-18(23-19-11-10-15(2)14-16(19)3)20(22)21-12-13-24-17-8-6-5-7-9-17/h10-11,14,17-18H,4-9,12-13H2,1-3H3,(H,21,22)/t18-/m1/s1. The van der Waals surface area contributed by atoms with Gasteiger partial charge in [0.25, 0.3) is 5.91 Å². The first-order valence-corrected chi connectivity index (χ1v) is 10.3. The molecule has 0 radical (unpaired) electrons. The number of aryl methyl sites for hydroxylation is 2. The zero-order chi connectivity index (χ0) is 17.4. The third-order valence-electron chi connectivity index (χ3n) is 4.57. The highest BCUT2D eigenvalue weighted by Crippen LogP contribution is 2.27. The lowest BCUT2D eigenvalue weighted by molar-refractivity contribution is -0.128. The summed E-state index contributed by atoms with van der Waals surface area (Å²) in [4.78, 5) is 12.4. The van der Waals surface area contributed by atoms with Crippen molar-refractivity contribution < 1.29 is 9.53 Å². The molecule has 0 spiro atoms. The van der Waals surface area contributed by atoms with Crippen molar-refractivity contribution in [3.63, 3.8) is 0 Å². The van der Waals surface area contributed by atoms with E-state index in [2.05, 4.69) is 18.3 Å². The average Bonchev–Trinajstić information content (AvgIpc) is 2.59. The van der Waals surface area contributed by atoms with Crippen LogP contribution in [0.2, 0.25) is 0 Å². The van der Waals surface area contributed by atoms with Gasteiger partial charge < -0.3 is 10.1 Å². The molecule has 1 aliphatic rings. The maximum atomic E-state index is 12.4. The monoisotopic (exact) mass is 349 g/mol. The topological polar surface area (TPSA) is 38.3 Å². The van der Waals surface area contributed by atoms with E-state index in [0.29, 0.717) is 6.42 Å². The zero-order valence-corrected chi connectivity index (χ0v) is 16.1. The predicted octanol–water partition coefficient (Wildman–Crippen LogP) is 4.64. The van der Waals surface area contributed by atoms with Gasteiger partial charge in [0.05, 0.1) is 0 Å². The molecule has 0 aliphatic heterocycles. The van der Waals surface area contributed by atoms with Crippen LogP contribution in [0.3, 0.4) is 0 Å². The van der Waals surface area contributed by atoms with Gasteiger partial charge >= 0.3 is 0 Å². The SMILES string of the molecule is CC[C@@H](Oc1ccc(C)cc1C)C(=O)NCCSC1CCCCC1. The second kappa shape index (κ2) is 9.97. The lowest BCUT2D eigenvalue weighted by Crippen LogP contribution is -2.39. The van der Waals surface area contributed by atoms with Crippen LogP contribution in [0.4, 0.5) is 0 Å². The van der Waals surface area contributed by atoms with Gasteiger partial charge in [-0.2, -0.15) is 11.8 Å². The highest BCUT2D eigenvalue weighted by Gasteiger charge is 2.19. The van der Waals surface area contributed by atoms with Gasteiger partial charge in [0, 0.05) is 17.5 Å². The molecular formula is C20H31NO2S.